The van der Waals surface area contributed by atoms with Crippen molar-refractivity contribution >= 4 is 17.5 Å². The lowest BCUT2D eigenvalue weighted by Gasteiger charge is -2.20. The molecule has 1 heterocycles. The Morgan fingerprint density at radius 1 is 1.36 bits per heavy atom. The maximum absolute atomic E-state index is 12.3. The number of amides is 2. The van der Waals surface area contributed by atoms with E-state index in [0.717, 1.165) is 17.9 Å². The normalized spacial score (nSPS) is 17.9. The molecule has 0 aliphatic carbocycles. The molecule has 1 fully saturated rings. The fraction of sp³-hybridized carbons (Fsp3) is 0.529. The van der Waals surface area contributed by atoms with Crippen molar-refractivity contribution in [1.82, 2.24) is 4.90 Å². The van der Waals surface area contributed by atoms with Gasteiger partial charge in [-0.25, -0.2) is 0 Å². The third kappa shape index (κ3) is 4.00. The minimum Gasteiger partial charge on any atom is -0.494 e. The second kappa shape index (κ2) is 7.29. The van der Waals surface area contributed by atoms with Gasteiger partial charge in [0.2, 0.25) is 11.8 Å². The molecule has 1 aliphatic rings. The number of hydrogen-bond acceptors (Lipinski definition) is 3. The molecule has 1 saturated heterocycles. The number of anilines is 1. The summed E-state index contributed by atoms with van der Waals surface area (Å²) in [5, 5.41) is 2.87. The Kier molecular flexibility index (Phi) is 5.41. The fourth-order valence-corrected chi connectivity index (χ4v) is 2.50. The van der Waals surface area contributed by atoms with Gasteiger partial charge < -0.3 is 15.0 Å². The van der Waals surface area contributed by atoms with Crippen LogP contribution in [-0.4, -0.2) is 35.9 Å². The van der Waals surface area contributed by atoms with Crippen molar-refractivity contribution in [2.75, 3.05) is 18.5 Å². The number of nitrogens with zero attached hydrogens (tertiary/aromatic N) is 1. The van der Waals surface area contributed by atoms with E-state index >= 15 is 0 Å². The van der Waals surface area contributed by atoms with E-state index in [1.54, 1.807) is 4.90 Å². The summed E-state index contributed by atoms with van der Waals surface area (Å²) in [6.45, 7) is 7.17. The molecular formula is C17H24N2O3. The molecule has 0 saturated carbocycles. The van der Waals surface area contributed by atoms with Gasteiger partial charge in [-0.3, -0.25) is 9.59 Å². The summed E-state index contributed by atoms with van der Waals surface area (Å²) in [7, 11) is 0. The lowest BCUT2D eigenvalue weighted by atomic mass is 10.1. The average molecular weight is 304 g/mol. The van der Waals surface area contributed by atoms with Crippen molar-refractivity contribution in [3.8, 4) is 5.75 Å². The monoisotopic (exact) mass is 304 g/mol. The second-order valence-electron chi connectivity index (χ2n) is 5.90. The van der Waals surface area contributed by atoms with Crippen LogP contribution in [0.3, 0.4) is 0 Å². The molecule has 0 bridgehead atoms. The Bertz CT molecular complexity index is 525. The molecular weight excluding hydrogens is 280 g/mol. The van der Waals surface area contributed by atoms with E-state index in [1.807, 2.05) is 38.1 Å². The Morgan fingerprint density at radius 3 is 2.59 bits per heavy atom. The Balaban J connectivity index is 1.91. The van der Waals surface area contributed by atoms with Crippen LogP contribution in [0.4, 0.5) is 5.69 Å². The standard InChI is InChI=1S/C17H24N2O3/c1-4-9-22-15-7-5-14(6-8-15)18-17(21)13-10-16(20)19(11-13)12(2)3/h5-8,12-13H,4,9-11H2,1-3H3,(H,18,21)/t13-/m0/s1. The van der Waals surface area contributed by atoms with Crippen LogP contribution in [0, 0.1) is 5.92 Å². The molecule has 2 amide bonds. The Labute approximate surface area is 131 Å². The molecule has 0 aromatic heterocycles. The highest BCUT2D eigenvalue weighted by molar-refractivity contribution is 5.97. The molecule has 0 radical (unpaired) electrons. The third-order valence-electron chi connectivity index (χ3n) is 3.75. The van der Waals surface area contributed by atoms with E-state index < -0.39 is 0 Å². The molecule has 120 valence electrons. The first-order valence-corrected chi connectivity index (χ1v) is 7.84. The van der Waals surface area contributed by atoms with Gasteiger partial charge in [-0.1, -0.05) is 6.92 Å². The van der Waals surface area contributed by atoms with Crippen molar-refractivity contribution in [3.63, 3.8) is 0 Å². The number of carbonyl (C=O) groups excluding carboxylic acids is 2. The fourth-order valence-electron chi connectivity index (χ4n) is 2.50. The smallest absolute Gasteiger partial charge is 0.229 e. The van der Waals surface area contributed by atoms with Crippen molar-refractivity contribution in [2.45, 2.75) is 39.7 Å². The second-order valence-corrected chi connectivity index (χ2v) is 5.90. The number of hydrogen-bond donors (Lipinski definition) is 1. The van der Waals surface area contributed by atoms with E-state index in [0.29, 0.717) is 19.6 Å². The quantitative estimate of drug-likeness (QED) is 0.879. The molecule has 5 nitrogen and oxygen atoms in total. The first-order chi connectivity index (χ1) is 10.5. The summed E-state index contributed by atoms with van der Waals surface area (Å²) in [5.41, 5.74) is 0.726. The molecule has 1 aromatic carbocycles. The van der Waals surface area contributed by atoms with Crippen LogP contribution in [0.5, 0.6) is 5.75 Å². The van der Waals surface area contributed by atoms with Crippen molar-refractivity contribution in [1.29, 1.82) is 0 Å². The van der Waals surface area contributed by atoms with Crippen LogP contribution >= 0.6 is 0 Å². The maximum atomic E-state index is 12.3. The van der Waals surface area contributed by atoms with E-state index in [2.05, 4.69) is 12.2 Å². The topological polar surface area (TPSA) is 58.6 Å². The summed E-state index contributed by atoms with van der Waals surface area (Å²) in [5.74, 6) is 0.477. The van der Waals surface area contributed by atoms with Crippen LogP contribution in [0.2, 0.25) is 0 Å². The zero-order valence-corrected chi connectivity index (χ0v) is 13.5. The average Bonchev–Trinajstić information content (AvgIpc) is 2.89. The van der Waals surface area contributed by atoms with Gasteiger partial charge in [0.1, 0.15) is 5.75 Å². The summed E-state index contributed by atoms with van der Waals surface area (Å²) in [6.07, 6.45) is 1.25. The summed E-state index contributed by atoms with van der Waals surface area (Å²) in [6, 6.07) is 7.46. The highest BCUT2D eigenvalue weighted by Crippen LogP contribution is 2.22. The largest absolute Gasteiger partial charge is 0.494 e. The maximum Gasteiger partial charge on any atom is 0.229 e. The van der Waals surface area contributed by atoms with E-state index in [4.69, 9.17) is 4.74 Å². The highest BCUT2D eigenvalue weighted by atomic mass is 16.5. The lowest BCUT2D eigenvalue weighted by Crippen LogP contribution is -2.33. The van der Waals surface area contributed by atoms with Gasteiger partial charge >= 0.3 is 0 Å². The minimum absolute atomic E-state index is 0.0541. The van der Waals surface area contributed by atoms with Crippen molar-refractivity contribution < 1.29 is 14.3 Å². The Hall–Kier alpha value is -2.04. The van der Waals surface area contributed by atoms with E-state index in [-0.39, 0.29) is 23.8 Å². The molecule has 1 aliphatic heterocycles. The predicted molar refractivity (Wildman–Crippen MR) is 85.8 cm³/mol. The van der Waals surface area contributed by atoms with Crippen molar-refractivity contribution in [3.05, 3.63) is 24.3 Å². The van der Waals surface area contributed by atoms with Crippen LogP contribution in [0.25, 0.3) is 0 Å². The summed E-state index contributed by atoms with van der Waals surface area (Å²) >= 11 is 0. The zero-order chi connectivity index (χ0) is 16.1. The number of ether oxygens (including phenoxy) is 1. The van der Waals surface area contributed by atoms with Gasteiger partial charge in [0, 0.05) is 24.7 Å². The number of carbonyl (C=O) groups is 2. The number of likely N-dealkylation sites (tertiary alicyclic amines) is 1. The lowest BCUT2D eigenvalue weighted by molar-refractivity contribution is -0.129. The van der Waals surface area contributed by atoms with Gasteiger partial charge in [-0.15, -0.1) is 0 Å². The van der Waals surface area contributed by atoms with Crippen LogP contribution in [0.1, 0.15) is 33.6 Å². The molecule has 5 heteroatoms. The van der Waals surface area contributed by atoms with Gasteiger partial charge in [0.25, 0.3) is 0 Å². The van der Waals surface area contributed by atoms with Gasteiger partial charge in [0.15, 0.2) is 0 Å². The van der Waals surface area contributed by atoms with Gasteiger partial charge in [-0.05, 0) is 44.5 Å². The first kappa shape index (κ1) is 16.3. The molecule has 0 unspecified atom stereocenters. The molecule has 1 aromatic rings. The third-order valence-corrected chi connectivity index (χ3v) is 3.75. The zero-order valence-electron chi connectivity index (χ0n) is 13.5. The first-order valence-electron chi connectivity index (χ1n) is 7.84. The number of nitrogens with one attached hydrogen (secondary N) is 1. The van der Waals surface area contributed by atoms with Gasteiger partial charge in [0.05, 0.1) is 12.5 Å². The Morgan fingerprint density at radius 2 is 2.05 bits per heavy atom. The number of benzene rings is 1. The van der Waals surface area contributed by atoms with Crippen LogP contribution in [-0.2, 0) is 9.59 Å². The van der Waals surface area contributed by atoms with E-state index in [9.17, 15) is 9.59 Å². The molecule has 1 atom stereocenters. The SMILES string of the molecule is CCCOc1ccc(NC(=O)[C@H]2CC(=O)N(C(C)C)C2)cc1. The molecule has 22 heavy (non-hydrogen) atoms. The summed E-state index contributed by atoms with van der Waals surface area (Å²) < 4.78 is 5.51. The molecule has 2 rings (SSSR count). The summed E-state index contributed by atoms with van der Waals surface area (Å²) in [4.78, 5) is 25.9. The molecule has 0 spiro atoms. The predicted octanol–water partition coefficient (Wildman–Crippen LogP) is 2.67. The van der Waals surface area contributed by atoms with Crippen LogP contribution < -0.4 is 10.1 Å². The van der Waals surface area contributed by atoms with Crippen molar-refractivity contribution in [2.24, 2.45) is 5.92 Å². The molecule has 1 N–H and O–H groups in total. The minimum atomic E-state index is -0.272. The van der Waals surface area contributed by atoms with E-state index in [1.165, 1.54) is 0 Å². The van der Waals surface area contributed by atoms with Crippen LogP contribution in [0.15, 0.2) is 24.3 Å². The van der Waals surface area contributed by atoms with Gasteiger partial charge in [-0.2, -0.15) is 0 Å². The number of rotatable bonds is 6. The highest BCUT2D eigenvalue weighted by Gasteiger charge is 2.35.